The van der Waals surface area contributed by atoms with E-state index in [0.717, 1.165) is 0 Å². The summed E-state index contributed by atoms with van der Waals surface area (Å²) in [5.41, 5.74) is 0.294. The predicted octanol–water partition coefficient (Wildman–Crippen LogP) is 1.76. The minimum Gasteiger partial charge on any atom is -0.481 e. The number of aliphatic hydroxyl groups is 1. The van der Waals surface area contributed by atoms with Crippen molar-refractivity contribution in [3.05, 3.63) is 11.3 Å². The molecule has 15 heavy (non-hydrogen) atoms. The van der Waals surface area contributed by atoms with Gasteiger partial charge in [0.1, 0.15) is 0 Å². The summed E-state index contributed by atoms with van der Waals surface area (Å²) in [6, 6.07) is 0. The van der Waals surface area contributed by atoms with Gasteiger partial charge in [-0.1, -0.05) is 0 Å². The van der Waals surface area contributed by atoms with Crippen molar-refractivity contribution in [3.63, 3.8) is 0 Å². The Bertz CT molecular complexity index is 362. The van der Waals surface area contributed by atoms with E-state index >= 15 is 0 Å². The third-order valence-corrected chi connectivity index (χ3v) is 2.42. The molecule has 1 N–H and O–H groups in total. The Labute approximate surface area is 94.0 Å². The number of nitrogens with zero attached hydrogens (tertiary/aromatic N) is 2. The molecule has 1 aromatic heterocycles. The van der Waals surface area contributed by atoms with Crippen molar-refractivity contribution in [1.29, 1.82) is 0 Å². The zero-order valence-corrected chi connectivity index (χ0v) is 10.0. The molecule has 1 atom stereocenters. The molecule has 0 saturated carbocycles. The molecule has 86 valence electrons. The normalized spacial score (nSPS) is 14.1. The van der Waals surface area contributed by atoms with Gasteiger partial charge in [0.2, 0.25) is 5.88 Å². The second-order valence-electron chi connectivity index (χ2n) is 3.08. The number of ether oxygens (including phenoxy) is 1. The Balaban J connectivity index is 3.24. The van der Waals surface area contributed by atoms with Crippen molar-refractivity contribution in [2.24, 2.45) is 7.05 Å². The van der Waals surface area contributed by atoms with E-state index in [0.29, 0.717) is 5.69 Å². The first-order valence-corrected chi connectivity index (χ1v) is 4.90. The summed E-state index contributed by atoms with van der Waals surface area (Å²) in [4.78, 5) is -3.41. The van der Waals surface area contributed by atoms with Crippen molar-refractivity contribution in [2.75, 3.05) is 7.11 Å². The number of aliphatic hydroxyl groups excluding tert-OH is 1. The molecule has 0 saturated heterocycles. The van der Waals surface area contributed by atoms with E-state index in [9.17, 15) is 13.9 Å². The highest BCUT2D eigenvalue weighted by molar-refractivity contribution is 9.10. The van der Waals surface area contributed by atoms with Gasteiger partial charge in [0.05, 0.1) is 18.4 Å². The summed E-state index contributed by atoms with van der Waals surface area (Å²) in [6.07, 6.45) is -1.99. The molecule has 0 bridgehead atoms. The quantitative estimate of drug-likeness (QED) is 0.861. The van der Waals surface area contributed by atoms with Gasteiger partial charge in [-0.15, -0.1) is 0 Å². The summed E-state index contributed by atoms with van der Waals surface area (Å²) in [5, 5.41) is 13.3. The topological polar surface area (TPSA) is 47.3 Å². The highest BCUT2D eigenvalue weighted by atomic mass is 79.9. The van der Waals surface area contributed by atoms with E-state index < -0.39 is 10.9 Å². The van der Waals surface area contributed by atoms with Crippen LogP contribution in [0, 0.1) is 6.92 Å². The molecule has 7 heteroatoms. The van der Waals surface area contributed by atoms with Gasteiger partial charge >= 0.3 is 4.83 Å². The summed E-state index contributed by atoms with van der Waals surface area (Å²) in [6.45, 7) is 1.53. The van der Waals surface area contributed by atoms with Crippen LogP contribution in [0.4, 0.5) is 8.78 Å². The number of methoxy groups -OCH3 is 1. The second-order valence-corrected chi connectivity index (χ2v) is 4.13. The molecule has 1 heterocycles. The number of alkyl halides is 3. The van der Waals surface area contributed by atoms with Crippen molar-refractivity contribution in [1.82, 2.24) is 9.78 Å². The van der Waals surface area contributed by atoms with Crippen molar-refractivity contribution in [3.8, 4) is 5.88 Å². The largest absolute Gasteiger partial charge is 0.481 e. The second kappa shape index (κ2) is 4.05. The maximum atomic E-state index is 12.9. The third kappa shape index (κ3) is 2.28. The van der Waals surface area contributed by atoms with Gasteiger partial charge in [0.25, 0.3) is 0 Å². The van der Waals surface area contributed by atoms with E-state index in [2.05, 4.69) is 21.0 Å². The maximum Gasteiger partial charge on any atom is 0.331 e. The average molecular weight is 285 g/mol. The maximum absolute atomic E-state index is 12.9. The summed E-state index contributed by atoms with van der Waals surface area (Å²) >= 11 is 2.11. The molecule has 0 aliphatic heterocycles. The Morgan fingerprint density at radius 3 is 2.53 bits per heavy atom. The zero-order valence-electron chi connectivity index (χ0n) is 8.46. The van der Waals surface area contributed by atoms with E-state index in [4.69, 9.17) is 4.74 Å². The summed E-state index contributed by atoms with van der Waals surface area (Å²) in [5.74, 6) is 0.124. The van der Waals surface area contributed by atoms with E-state index in [-0.39, 0.29) is 11.4 Å². The van der Waals surface area contributed by atoms with Gasteiger partial charge < -0.3 is 9.84 Å². The Kier molecular flexibility index (Phi) is 3.34. The highest BCUT2D eigenvalue weighted by Crippen LogP contribution is 2.41. The van der Waals surface area contributed by atoms with Gasteiger partial charge in [-0.25, -0.2) is 4.68 Å². The molecule has 0 fully saturated rings. The van der Waals surface area contributed by atoms with Crippen molar-refractivity contribution >= 4 is 15.9 Å². The molecule has 4 nitrogen and oxygen atoms in total. The van der Waals surface area contributed by atoms with Gasteiger partial charge in [0.15, 0.2) is 6.10 Å². The SMILES string of the molecule is COc1c(C(O)C(F)(F)Br)c(C)nn1C. The fraction of sp³-hybridized carbons (Fsp3) is 0.625. The van der Waals surface area contributed by atoms with Gasteiger partial charge in [-0.05, 0) is 22.9 Å². The van der Waals surface area contributed by atoms with Gasteiger partial charge in [0, 0.05) is 7.05 Å². The molecule has 0 aromatic carbocycles. The van der Waals surface area contributed by atoms with Crippen molar-refractivity contribution < 1.29 is 18.6 Å². The number of rotatable bonds is 3. The number of hydrogen-bond acceptors (Lipinski definition) is 3. The van der Waals surface area contributed by atoms with Crippen LogP contribution in [0.15, 0.2) is 0 Å². The van der Waals surface area contributed by atoms with E-state index in [1.54, 1.807) is 7.05 Å². The Morgan fingerprint density at radius 1 is 1.60 bits per heavy atom. The van der Waals surface area contributed by atoms with Gasteiger partial charge in [-0.2, -0.15) is 13.9 Å². The van der Waals surface area contributed by atoms with Gasteiger partial charge in [-0.3, -0.25) is 0 Å². The first kappa shape index (κ1) is 12.4. The van der Waals surface area contributed by atoms with Crippen LogP contribution in [0.3, 0.4) is 0 Å². The Morgan fingerprint density at radius 2 is 2.13 bits per heavy atom. The zero-order chi connectivity index (χ0) is 11.8. The van der Waals surface area contributed by atoms with Crippen LogP contribution in [0.25, 0.3) is 0 Å². The molecule has 1 rings (SSSR count). The van der Waals surface area contributed by atoms with Crippen LogP contribution in [-0.4, -0.2) is 26.8 Å². The highest BCUT2D eigenvalue weighted by Gasteiger charge is 2.40. The molecule has 0 radical (unpaired) electrons. The van der Waals surface area contributed by atoms with Crippen LogP contribution in [0.1, 0.15) is 17.4 Å². The van der Waals surface area contributed by atoms with Crippen LogP contribution in [0.5, 0.6) is 5.88 Å². The lowest BCUT2D eigenvalue weighted by molar-refractivity contribution is -0.0309. The lowest BCUT2D eigenvalue weighted by Crippen LogP contribution is -2.19. The molecule has 0 aliphatic rings. The van der Waals surface area contributed by atoms with Crippen LogP contribution >= 0.6 is 15.9 Å². The predicted molar refractivity (Wildman–Crippen MR) is 53.3 cm³/mol. The molecule has 1 unspecified atom stereocenters. The minimum atomic E-state index is -3.41. The Hall–Kier alpha value is -0.690. The minimum absolute atomic E-state index is 0.0122. The van der Waals surface area contributed by atoms with Crippen molar-refractivity contribution in [2.45, 2.75) is 17.9 Å². The number of aryl methyl sites for hydroxylation is 2. The molecule has 0 spiro atoms. The molecule has 1 aromatic rings. The number of aromatic nitrogens is 2. The fourth-order valence-corrected chi connectivity index (χ4v) is 1.60. The van der Waals surface area contributed by atoms with Crippen LogP contribution < -0.4 is 4.74 Å². The first-order valence-electron chi connectivity index (χ1n) is 4.11. The number of halogens is 3. The molecular weight excluding hydrogens is 274 g/mol. The standard InChI is InChI=1S/C8H11BrF2N2O2/c1-4-5(6(14)8(9,10)11)7(15-3)13(2)12-4/h6,14H,1-3H3. The fourth-order valence-electron chi connectivity index (χ4n) is 1.37. The molecule has 0 aliphatic carbocycles. The average Bonchev–Trinajstić information content (AvgIpc) is 2.37. The van der Waals surface area contributed by atoms with Crippen LogP contribution in [0.2, 0.25) is 0 Å². The molecular formula is C8H11BrF2N2O2. The number of hydrogen-bond donors (Lipinski definition) is 1. The third-order valence-electron chi connectivity index (χ3n) is 1.99. The smallest absolute Gasteiger partial charge is 0.331 e. The summed E-state index contributed by atoms with van der Waals surface area (Å²) in [7, 11) is 2.88. The van der Waals surface area contributed by atoms with E-state index in [1.807, 2.05) is 0 Å². The van der Waals surface area contributed by atoms with Crippen LogP contribution in [-0.2, 0) is 7.05 Å². The molecule has 0 amide bonds. The lowest BCUT2D eigenvalue weighted by atomic mass is 10.1. The monoisotopic (exact) mass is 284 g/mol. The first-order chi connectivity index (χ1) is 6.79. The lowest BCUT2D eigenvalue weighted by Gasteiger charge is -2.17. The summed E-state index contributed by atoms with van der Waals surface area (Å²) < 4.78 is 32.0. The van der Waals surface area contributed by atoms with E-state index in [1.165, 1.54) is 18.7 Å².